The summed E-state index contributed by atoms with van der Waals surface area (Å²) in [5.41, 5.74) is 2.13. The summed E-state index contributed by atoms with van der Waals surface area (Å²) in [5, 5.41) is 22.1. The first-order chi connectivity index (χ1) is 17.7. The van der Waals surface area contributed by atoms with Gasteiger partial charge < -0.3 is 19.9 Å². The van der Waals surface area contributed by atoms with Gasteiger partial charge in [-0.2, -0.15) is 0 Å². The number of carbonyl (C=O) groups is 1. The van der Waals surface area contributed by atoms with E-state index in [4.69, 9.17) is 9.47 Å². The molecule has 0 spiro atoms. The average Bonchev–Trinajstić information content (AvgIpc) is 3.30. The Morgan fingerprint density at radius 3 is 2.51 bits per heavy atom. The Hall–Kier alpha value is -3.50. The van der Waals surface area contributed by atoms with Crippen LogP contribution in [0.25, 0.3) is 17.1 Å². The second kappa shape index (κ2) is 11.3. The maximum atomic E-state index is 15.3. The number of hydrogen-bond acceptors (Lipinski definition) is 7. The van der Waals surface area contributed by atoms with Crippen LogP contribution in [0.4, 0.5) is 4.39 Å². The van der Waals surface area contributed by atoms with Gasteiger partial charge in [-0.25, -0.2) is 4.39 Å². The minimum absolute atomic E-state index is 0.00894. The van der Waals surface area contributed by atoms with Crippen LogP contribution in [0.5, 0.6) is 11.5 Å². The first kappa shape index (κ1) is 26.6. The number of benzene rings is 2. The number of nitrogens with zero attached hydrogens (tertiary/aromatic N) is 4. The molecule has 1 fully saturated rings. The van der Waals surface area contributed by atoms with Gasteiger partial charge in [0.1, 0.15) is 17.3 Å². The molecule has 1 aliphatic heterocycles. The highest BCUT2D eigenvalue weighted by atomic mass is 19.1. The van der Waals surface area contributed by atoms with E-state index in [1.165, 1.54) is 16.7 Å². The third-order valence-electron chi connectivity index (χ3n) is 6.29. The third-order valence-corrected chi connectivity index (χ3v) is 6.29. The number of phenolic OH excluding ortho intramolecular Hbond substituents is 1. The number of morpholine rings is 1. The van der Waals surface area contributed by atoms with Gasteiger partial charge in [0.15, 0.2) is 5.82 Å². The molecule has 0 bridgehead atoms. The van der Waals surface area contributed by atoms with Crippen molar-refractivity contribution in [2.75, 3.05) is 33.4 Å². The second-order valence-corrected chi connectivity index (χ2v) is 9.74. The predicted octanol–water partition coefficient (Wildman–Crippen LogP) is 3.88. The molecular formula is C27H34FN5O4. The molecule has 3 aromatic rings. The number of hydrogen-bond donors (Lipinski definition) is 2. The quantitative estimate of drug-likeness (QED) is 0.473. The Balaban J connectivity index is 1.82. The van der Waals surface area contributed by atoms with Crippen LogP contribution in [0.15, 0.2) is 30.3 Å². The van der Waals surface area contributed by atoms with Gasteiger partial charge in [-0.3, -0.25) is 14.3 Å². The Kier molecular flexibility index (Phi) is 8.09. The highest BCUT2D eigenvalue weighted by Crippen LogP contribution is 2.38. The van der Waals surface area contributed by atoms with Crippen LogP contribution in [0.3, 0.4) is 0 Å². The van der Waals surface area contributed by atoms with Crippen molar-refractivity contribution >= 4 is 5.91 Å². The van der Waals surface area contributed by atoms with E-state index < -0.39 is 11.7 Å². The molecule has 2 aromatic carbocycles. The molecule has 2 N–H and O–H groups in total. The van der Waals surface area contributed by atoms with E-state index in [2.05, 4.69) is 20.4 Å². The Labute approximate surface area is 216 Å². The molecule has 1 saturated heterocycles. The molecule has 0 atom stereocenters. The maximum absolute atomic E-state index is 15.3. The lowest BCUT2D eigenvalue weighted by Crippen LogP contribution is -2.35. The van der Waals surface area contributed by atoms with Gasteiger partial charge in [0.05, 0.1) is 31.6 Å². The molecule has 10 heteroatoms. The maximum Gasteiger partial charge on any atom is 0.289 e. The predicted molar refractivity (Wildman–Crippen MR) is 138 cm³/mol. The molecular weight excluding hydrogens is 477 g/mol. The highest BCUT2D eigenvalue weighted by molar-refractivity contribution is 5.92. The molecule has 1 aliphatic rings. The molecule has 1 aromatic heterocycles. The summed E-state index contributed by atoms with van der Waals surface area (Å²) in [7, 11) is 1.54. The van der Waals surface area contributed by atoms with Gasteiger partial charge in [-0.15, -0.1) is 10.2 Å². The summed E-state index contributed by atoms with van der Waals surface area (Å²) in [5.74, 6) is -0.106. The lowest BCUT2D eigenvalue weighted by Gasteiger charge is -2.26. The molecule has 2 heterocycles. The summed E-state index contributed by atoms with van der Waals surface area (Å²) in [6.45, 7) is 10.9. The zero-order chi connectivity index (χ0) is 26.7. The zero-order valence-electron chi connectivity index (χ0n) is 21.9. The molecule has 37 heavy (non-hydrogen) atoms. The minimum atomic E-state index is -0.455. The number of nitrogens with one attached hydrogen (secondary N) is 1. The molecule has 198 valence electrons. The Morgan fingerprint density at radius 1 is 1.16 bits per heavy atom. The number of phenols is 1. The van der Waals surface area contributed by atoms with E-state index in [0.717, 1.165) is 18.7 Å². The molecule has 1 amide bonds. The van der Waals surface area contributed by atoms with Crippen molar-refractivity contribution in [3.05, 3.63) is 53.1 Å². The van der Waals surface area contributed by atoms with E-state index in [1.807, 2.05) is 27.7 Å². The van der Waals surface area contributed by atoms with Gasteiger partial charge in [0.25, 0.3) is 5.91 Å². The van der Waals surface area contributed by atoms with Crippen LogP contribution in [-0.2, 0) is 11.3 Å². The number of amides is 1. The first-order valence-corrected chi connectivity index (χ1v) is 12.5. The SMILES string of the molecule is COc1cc(O)c(-c2nnc(C(=O)NC(C)C)n2-c2ccc(CN3CCOCC3)c(F)c2)cc1C(C)C. The number of rotatable bonds is 8. The lowest BCUT2D eigenvalue weighted by atomic mass is 9.98. The Bertz CT molecular complexity index is 1270. The van der Waals surface area contributed by atoms with Gasteiger partial charge in [0.2, 0.25) is 5.82 Å². The Morgan fingerprint density at radius 2 is 1.89 bits per heavy atom. The van der Waals surface area contributed by atoms with Crippen molar-refractivity contribution in [3.63, 3.8) is 0 Å². The molecule has 0 radical (unpaired) electrons. The normalized spacial score (nSPS) is 14.4. The molecule has 0 saturated carbocycles. The highest BCUT2D eigenvalue weighted by Gasteiger charge is 2.26. The zero-order valence-corrected chi connectivity index (χ0v) is 21.9. The van der Waals surface area contributed by atoms with Crippen molar-refractivity contribution in [1.82, 2.24) is 25.0 Å². The van der Waals surface area contributed by atoms with E-state index >= 15 is 4.39 Å². The first-order valence-electron chi connectivity index (χ1n) is 12.5. The molecule has 9 nitrogen and oxygen atoms in total. The molecule has 4 rings (SSSR count). The fourth-order valence-electron chi connectivity index (χ4n) is 4.37. The van der Waals surface area contributed by atoms with Gasteiger partial charge in [-0.05, 0) is 43.5 Å². The van der Waals surface area contributed by atoms with Crippen molar-refractivity contribution in [2.45, 2.75) is 46.2 Å². The average molecular weight is 512 g/mol. The van der Waals surface area contributed by atoms with Gasteiger partial charge in [0, 0.05) is 37.3 Å². The molecule has 0 unspecified atom stereocenters. The van der Waals surface area contributed by atoms with Crippen LogP contribution in [-0.4, -0.2) is 70.1 Å². The van der Waals surface area contributed by atoms with E-state index in [1.54, 1.807) is 25.3 Å². The van der Waals surface area contributed by atoms with Crippen LogP contribution in [0, 0.1) is 5.82 Å². The monoisotopic (exact) mass is 511 g/mol. The number of methoxy groups -OCH3 is 1. The van der Waals surface area contributed by atoms with Crippen LogP contribution >= 0.6 is 0 Å². The smallest absolute Gasteiger partial charge is 0.289 e. The summed E-state index contributed by atoms with van der Waals surface area (Å²) in [4.78, 5) is 15.2. The van der Waals surface area contributed by atoms with Crippen LogP contribution < -0.4 is 10.1 Å². The molecule has 0 aliphatic carbocycles. The van der Waals surface area contributed by atoms with E-state index in [0.29, 0.717) is 42.3 Å². The number of halogens is 1. The van der Waals surface area contributed by atoms with Gasteiger partial charge in [-0.1, -0.05) is 19.9 Å². The van der Waals surface area contributed by atoms with Crippen molar-refractivity contribution in [2.24, 2.45) is 0 Å². The van der Waals surface area contributed by atoms with Gasteiger partial charge >= 0.3 is 0 Å². The number of carbonyl (C=O) groups excluding carboxylic acids is 1. The summed E-state index contributed by atoms with van der Waals surface area (Å²) in [6, 6.07) is 7.97. The lowest BCUT2D eigenvalue weighted by molar-refractivity contribution is 0.0337. The number of aromatic hydroxyl groups is 1. The van der Waals surface area contributed by atoms with E-state index in [-0.39, 0.29) is 29.4 Å². The fraction of sp³-hybridized carbons (Fsp3) is 0.444. The van der Waals surface area contributed by atoms with Crippen molar-refractivity contribution in [3.8, 4) is 28.6 Å². The summed E-state index contributed by atoms with van der Waals surface area (Å²) in [6.07, 6.45) is 0. The number of aromatic nitrogens is 3. The third kappa shape index (κ3) is 5.75. The summed E-state index contributed by atoms with van der Waals surface area (Å²) >= 11 is 0. The fourth-order valence-corrected chi connectivity index (χ4v) is 4.37. The van der Waals surface area contributed by atoms with Crippen molar-refractivity contribution in [1.29, 1.82) is 0 Å². The van der Waals surface area contributed by atoms with E-state index in [9.17, 15) is 9.90 Å². The summed E-state index contributed by atoms with van der Waals surface area (Å²) < 4.78 is 27.6. The standard InChI is InChI=1S/C27H34FN5O4/c1-16(2)20-13-21(23(34)14-24(20)36-5)25-30-31-26(27(35)29-17(3)4)33(25)19-7-6-18(22(28)12-19)15-32-8-10-37-11-9-32/h6-7,12-14,16-17,34H,8-11,15H2,1-5H3,(H,29,35). The topological polar surface area (TPSA) is 102 Å². The van der Waals surface area contributed by atoms with Crippen LogP contribution in [0.2, 0.25) is 0 Å². The van der Waals surface area contributed by atoms with Crippen LogP contribution in [0.1, 0.15) is 55.4 Å². The minimum Gasteiger partial charge on any atom is -0.507 e. The largest absolute Gasteiger partial charge is 0.507 e. The van der Waals surface area contributed by atoms with Crippen molar-refractivity contribution < 1.29 is 23.8 Å². The number of ether oxygens (including phenoxy) is 2. The second-order valence-electron chi connectivity index (χ2n) is 9.74.